The standard InChI is InChI=1S/C13H21NO2/c1-3-8-16-10(2)11-4-6-12(7-5-11)13(14)9-15/h4-7,10,13,15H,3,8-9,14H2,1-2H3. The Morgan fingerprint density at radius 1 is 1.25 bits per heavy atom. The number of hydrogen-bond acceptors (Lipinski definition) is 3. The molecule has 2 unspecified atom stereocenters. The highest BCUT2D eigenvalue weighted by atomic mass is 16.5. The van der Waals surface area contributed by atoms with Gasteiger partial charge in [-0.2, -0.15) is 0 Å². The fourth-order valence-electron chi connectivity index (χ4n) is 1.51. The lowest BCUT2D eigenvalue weighted by atomic mass is 10.0. The largest absolute Gasteiger partial charge is 0.394 e. The van der Waals surface area contributed by atoms with Crippen LogP contribution >= 0.6 is 0 Å². The van der Waals surface area contributed by atoms with Gasteiger partial charge in [0.1, 0.15) is 0 Å². The Morgan fingerprint density at radius 3 is 2.31 bits per heavy atom. The molecule has 1 aromatic carbocycles. The molecule has 16 heavy (non-hydrogen) atoms. The number of aliphatic hydroxyl groups excluding tert-OH is 1. The first-order chi connectivity index (χ1) is 7.69. The third-order valence-corrected chi connectivity index (χ3v) is 2.60. The molecule has 2 atom stereocenters. The maximum absolute atomic E-state index is 8.93. The minimum absolute atomic E-state index is 0.0266. The SMILES string of the molecule is CCCOC(C)c1ccc(C(N)CO)cc1. The van der Waals surface area contributed by atoms with E-state index >= 15 is 0 Å². The van der Waals surface area contributed by atoms with Crippen LogP contribution in [0.25, 0.3) is 0 Å². The Kier molecular flexibility index (Phi) is 5.46. The Balaban J connectivity index is 2.63. The zero-order valence-corrected chi connectivity index (χ0v) is 10.0. The summed E-state index contributed by atoms with van der Waals surface area (Å²) in [5, 5.41) is 8.93. The van der Waals surface area contributed by atoms with Gasteiger partial charge in [0.25, 0.3) is 0 Å². The zero-order valence-electron chi connectivity index (χ0n) is 10.0. The first-order valence-electron chi connectivity index (χ1n) is 5.77. The second-order valence-corrected chi connectivity index (χ2v) is 3.97. The maximum Gasteiger partial charge on any atom is 0.0796 e. The van der Waals surface area contributed by atoms with Crippen molar-refractivity contribution in [2.75, 3.05) is 13.2 Å². The number of hydrogen-bond donors (Lipinski definition) is 2. The van der Waals surface area contributed by atoms with Gasteiger partial charge in [0, 0.05) is 6.61 Å². The Labute approximate surface area is 97.2 Å². The lowest BCUT2D eigenvalue weighted by Crippen LogP contribution is -2.14. The molecule has 0 aliphatic heterocycles. The molecule has 0 amide bonds. The predicted octanol–water partition coefficient (Wildman–Crippen LogP) is 2.17. The van der Waals surface area contributed by atoms with Gasteiger partial charge in [-0.3, -0.25) is 0 Å². The van der Waals surface area contributed by atoms with Crippen LogP contribution in [-0.2, 0) is 4.74 Å². The van der Waals surface area contributed by atoms with Crippen LogP contribution in [0.1, 0.15) is 43.5 Å². The normalized spacial score (nSPS) is 14.8. The summed E-state index contributed by atoms with van der Waals surface area (Å²) in [4.78, 5) is 0. The molecule has 0 heterocycles. The molecule has 3 heteroatoms. The summed E-state index contributed by atoms with van der Waals surface area (Å²) >= 11 is 0. The van der Waals surface area contributed by atoms with Crippen LogP contribution in [-0.4, -0.2) is 18.3 Å². The fraction of sp³-hybridized carbons (Fsp3) is 0.538. The van der Waals surface area contributed by atoms with Crippen LogP contribution in [0.4, 0.5) is 0 Å². The summed E-state index contributed by atoms with van der Waals surface area (Å²) in [6.07, 6.45) is 1.14. The van der Waals surface area contributed by atoms with Crippen LogP contribution in [0.5, 0.6) is 0 Å². The molecule has 1 aromatic rings. The van der Waals surface area contributed by atoms with E-state index in [1.54, 1.807) is 0 Å². The van der Waals surface area contributed by atoms with Crippen molar-refractivity contribution >= 4 is 0 Å². The summed E-state index contributed by atoms with van der Waals surface area (Å²) in [6.45, 7) is 4.88. The van der Waals surface area contributed by atoms with E-state index in [2.05, 4.69) is 6.92 Å². The van der Waals surface area contributed by atoms with Gasteiger partial charge in [-0.05, 0) is 24.5 Å². The van der Waals surface area contributed by atoms with Crippen molar-refractivity contribution in [1.82, 2.24) is 0 Å². The summed E-state index contributed by atoms with van der Waals surface area (Å²) in [6, 6.07) is 7.61. The van der Waals surface area contributed by atoms with Crippen molar-refractivity contribution in [2.24, 2.45) is 5.73 Å². The van der Waals surface area contributed by atoms with Gasteiger partial charge < -0.3 is 15.6 Å². The van der Waals surface area contributed by atoms with Gasteiger partial charge >= 0.3 is 0 Å². The summed E-state index contributed by atoms with van der Waals surface area (Å²) in [7, 11) is 0. The smallest absolute Gasteiger partial charge is 0.0796 e. The Hall–Kier alpha value is -0.900. The average molecular weight is 223 g/mol. The molecule has 3 N–H and O–H groups in total. The summed E-state index contributed by atoms with van der Waals surface area (Å²) in [5.41, 5.74) is 7.81. The molecular weight excluding hydrogens is 202 g/mol. The van der Waals surface area contributed by atoms with Gasteiger partial charge in [0.15, 0.2) is 0 Å². The molecule has 0 spiro atoms. The molecule has 0 saturated heterocycles. The molecular formula is C13H21NO2. The molecule has 0 aliphatic rings. The third-order valence-electron chi connectivity index (χ3n) is 2.60. The van der Waals surface area contributed by atoms with Crippen LogP contribution in [0, 0.1) is 0 Å². The predicted molar refractivity (Wildman–Crippen MR) is 65.1 cm³/mol. The quantitative estimate of drug-likeness (QED) is 0.777. The van der Waals surface area contributed by atoms with Crippen LogP contribution in [0.3, 0.4) is 0 Å². The maximum atomic E-state index is 8.93. The van der Waals surface area contributed by atoms with Crippen LogP contribution in [0.15, 0.2) is 24.3 Å². The van der Waals surface area contributed by atoms with E-state index in [1.165, 1.54) is 0 Å². The zero-order chi connectivity index (χ0) is 12.0. The molecule has 1 rings (SSSR count). The minimum atomic E-state index is -0.291. The van der Waals surface area contributed by atoms with Crippen molar-refractivity contribution in [3.8, 4) is 0 Å². The molecule has 0 bridgehead atoms. The first kappa shape index (κ1) is 13.2. The monoisotopic (exact) mass is 223 g/mol. The fourth-order valence-corrected chi connectivity index (χ4v) is 1.51. The molecule has 0 aromatic heterocycles. The Morgan fingerprint density at radius 2 is 1.81 bits per heavy atom. The van der Waals surface area contributed by atoms with E-state index in [0.717, 1.165) is 24.2 Å². The van der Waals surface area contributed by atoms with E-state index in [-0.39, 0.29) is 18.8 Å². The third kappa shape index (κ3) is 3.59. The van der Waals surface area contributed by atoms with Gasteiger partial charge in [-0.25, -0.2) is 0 Å². The van der Waals surface area contributed by atoms with Gasteiger partial charge in [0.2, 0.25) is 0 Å². The van der Waals surface area contributed by atoms with Gasteiger partial charge in [-0.15, -0.1) is 0 Å². The topological polar surface area (TPSA) is 55.5 Å². The van der Waals surface area contributed by atoms with Crippen molar-refractivity contribution in [2.45, 2.75) is 32.4 Å². The lowest BCUT2D eigenvalue weighted by molar-refractivity contribution is 0.0662. The van der Waals surface area contributed by atoms with E-state index in [0.29, 0.717) is 0 Å². The molecule has 0 fully saturated rings. The van der Waals surface area contributed by atoms with Gasteiger partial charge in [0.05, 0.1) is 18.8 Å². The van der Waals surface area contributed by atoms with Gasteiger partial charge in [-0.1, -0.05) is 31.2 Å². The first-order valence-corrected chi connectivity index (χ1v) is 5.77. The lowest BCUT2D eigenvalue weighted by Gasteiger charge is -2.14. The molecule has 0 saturated carbocycles. The highest BCUT2D eigenvalue weighted by Crippen LogP contribution is 2.19. The highest BCUT2D eigenvalue weighted by molar-refractivity contribution is 5.26. The number of benzene rings is 1. The molecule has 90 valence electrons. The molecule has 3 nitrogen and oxygen atoms in total. The average Bonchev–Trinajstić information content (AvgIpc) is 2.35. The summed E-state index contributed by atoms with van der Waals surface area (Å²) < 4.78 is 5.62. The van der Waals surface area contributed by atoms with Crippen molar-refractivity contribution in [3.05, 3.63) is 35.4 Å². The second-order valence-electron chi connectivity index (χ2n) is 3.97. The van der Waals surface area contributed by atoms with Crippen molar-refractivity contribution in [3.63, 3.8) is 0 Å². The van der Waals surface area contributed by atoms with E-state index < -0.39 is 0 Å². The van der Waals surface area contributed by atoms with Crippen LogP contribution < -0.4 is 5.73 Å². The van der Waals surface area contributed by atoms with E-state index in [9.17, 15) is 0 Å². The van der Waals surface area contributed by atoms with Crippen molar-refractivity contribution in [1.29, 1.82) is 0 Å². The number of ether oxygens (including phenoxy) is 1. The van der Waals surface area contributed by atoms with E-state index in [4.69, 9.17) is 15.6 Å². The van der Waals surface area contributed by atoms with E-state index in [1.807, 2.05) is 31.2 Å². The Bertz CT molecular complexity index is 297. The molecule has 0 aliphatic carbocycles. The highest BCUT2D eigenvalue weighted by Gasteiger charge is 2.07. The minimum Gasteiger partial charge on any atom is -0.394 e. The molecule has 0 radical (unpaired) electrons. The second kappa shape index (κ2) is 6.63. The van der Waals surface area contributed by atoms with Crippen molar-refractivity contribution < 1.29 is 9.84 Å². The number of rotatable bonds is 6. The summed E-state index contributed by atoms with van der Waals surface area (Å²) in [5.74, 6) is 0. The number of nitrogens with two attached hydrogens (primary N) is 1. The van der Waals surface area contributed by atoms with Crippen LogP contribution in [0.2, 0.25) is 0 Å². The number of aliphatic hydroxyl groups is 1.